The molecule has 1 aliphatic rings. The maximum absolute atomic E-state index is 12.5. The molecule has 7 heteroatoms. The zero-order valence-electron chi connectivity index (χ0n) is 16.7. The van der Waals surface area contributed by atoms with E-state index in [2.05, 4.69) is 0 Å². The zero-order chi connectivity index (χ0) is 21.6. The highest BCUT2D eigenvalue weighted by Gasteiger charge is 2.31. The van der Waals surface area contributed by atoms with Gasteiger partial charge in [-0.15, -0.1) is 0 Å². The summed E-state index contributed by atoms with van der Waals surface area (Å²) in [5, 5.41) is 12.7. The molecule has 0 unspecified atom stereocenters. The molecule has 1 aliphatic heterocycles. The molecule has 31 heavy (non-hydrogen) atoms. The molecule has 0 atom stereocenters. The Labute approximate surface area is 179 Å². The van der Waals surface area contributed by atoms with Gasteiger partial charge < -0.3 is 14.4 Å². The van der Waals surface area contributed by atoms with E-state index in [-0.39, 0.29) is 22.9 Å². The number of hydrogen-bond donors (Lipinski definition) is 1. The largest absolute Gasteiger partial charge is 0.493 e. The summed E-state index contributed by atoms with van der Waals surface area (Å²) in [6.07, 6.45) is 1.10. The fourth-order valence-electron chi connectivity index (χ4n) is 4.49. The molecule has 2 heterocycles. The lowest BCUT2D eigenvalue weighted by atomic mass is 10.1. The van der Waals surface area contributed by atoms with Crippen LogP contribution in [0.15, 0.2) is 65.6 Å². The number of aromatic carboxylic acids is 1. The van der Waals surface area contributed by atoms with Crippen LogP contribution in [0.4, 0.5) is 0 Å². The van der Waals surface area contributed by atoms with E-state index in [4.69, 9.17) is 4.74 Å². The first kappa shape index (κ1) is 19.6. The van der Waals surface area contributed by atoms with Gasteiger partial charge in [0.1, 0.15) is 11.4 Å². The van der Waals surface area contributed by atoms with E-state index in [1.54, 1.807) is 16.7 Å². The monoisotopic (exact) mass is 435 g/mol. The molecular formula is C24H21NO5S. The Morgan fingerprint density at radius 3 is 2.58 bits per heavy atom. The van der Waals surface area contributed by atoms with Crippen molar-refractivity contribution in [1.82, 2.24) is 4.57 Å². The summed E-state index contributed by atoms with van der Waals surface area (Å²) in [4.78, 5) is 12.3. The molecule has 3 aromatic carbocycles. The van der Waals surface area contributed by atoms with Crippen LogP contribution in [0.25, 0.3) is 21.7 Å². The number of sulfone groups is 1. The minimum Gasteiger partial charge on any atom is -0.493 e. The van der Waals surface area contributed by atoms with Gasteiger partial charge in [0.05, 0.1) is 22.8 Å². The lowest BCUT2D eigenvalue weighted by Gasteiger charge is -2.17. The molecular weight excluding hydrogens is 414 g/mol. The second kappa shape index (κ2) is 7.42. The molecule has 5 rings (SSSR count). The van der Waals surface area contributed by atoms with Crippen molar-refractivity contribution in [2.45, 2.75) is 24.3 Å². The Balaban J connectivity index is 1.44. The normalized spacial score (nSPS) is 14.7. The minimum atomic E-state index is -3.40. The van der Waals surface area contributed by atoms with Crippen molar-refractivity contribution in [2.75, 3.05) is 12.4 Å². The Morgan fingerprint density at radius 1 is 1.00 bits per heavy atom. The van der Waals surface area contributed by atoms with Gasteiger partial charge in [0.2, 0.25) is 0 Å². The molecule has 0 amide bonds. The van der Waals surface area contributed by atoms with E-state index in [1.807, 2.05) is 48.5 Å². The van der Waals surface area contributed by atoms with Gasteiger partial charge >= 0.3 is 5.97 Å². The number of ether oxygens (including phenoxy) is 1. The predicted molar refractivity (Wildman–Crippen MR) is 119 cm³/mol. The number of hydrogen-bond acceptors (Lipinski definition) is 4. The van der Waals surface area contributed by atoms with Crippen LogP contribution in [-0.2, 0) is 22.8 Å². The molecule has 4 aromatic rings. The van der Waals surface area contributed by atoms with Crippen LogP contribution in [0.5, 0.6) is 5.75 Å². The average molecular weight is 436 g/mol. The first-order valence-corrected chi connectivity index (χ1v) is 11.8. The van der Waals surface area contributed by atoms with Gasteiger partial charge in [-0.1, -0.05) is 48.5 Å². The summed E-state index contributed by atoms with van der Waals surface area (Å²) >= 11 is 0. The van der Waals surface area contributed by atoms with E-state index >= 15 is 0 Å². The summed E-state index contributed by atoms with van der Waals surface area (Å²) in [5.74, 6) is -0.325. The average Bonchev–Trinajstić information content (AvgIpc) is 3.09. The highest BCUT2D eigenvalue weighted by molar-refractivity contribution is 7.91. The van der Waals surface area contributed by atoms with E-state index < -0.39 is 15.8 Å². The number of carbonyl (C=O) groups is 1. The van der Waals surface area contributed by atoms with Gasteiger partial charge in [0.25, 0.3) is 0 Å². The Morgan fingerprint density at radius 2 is 1.74 bits per heavy atom. The quantitative estimate of drug-likeness (QED) is 0.457. The van der Waals surface area contributed by atoms with Gasteiger partial charge in [-0.05, 0) is 35.9 Å². The van der Waals surface area contributed by atoms with Crippen molar-refractivity contribution in [1.29, 1.82) is 0 Å². The number of carboxylic acids is 1. The number of rotatable bonds is 6. The first-order chi connectivity index (χ1) is 15.0. The van der Waals surface area contributed by atoms with Crippen molar-refractivity contribution in [3.63, 3.8) is 0 Å². The van der Waals surface area contributed by atoms with E-state index in [0.717, 1.165) is 16.5 Å². The molecule has 0 radical (unpaired) electrons. The van der Waals surface area contributed by atoms with Crippen LogP contribution in [0.3, 0.4) is 0 Å². The predicted octanol–water partition coefficient (Wildman–Crippen LogP) is 4.29. The molecule has 1 aromatic heterocycles. The maximum atomic E-state index is 12.5. The van der Waals surface area contributed by atoms with Gasteiger partial charge in [0, 0.05) is 17.3 Å². The molecule has 6 nitrogen and oxygen atoms in total. The summed E-state index contributed by atoms with van der Waals surface area (Å²) in [6, 6.07) is 19.0. The number of carboxylic acid groups (broad SMARTS) is 1. The molecule has 158 valence electrons. The molecule has 0 saturated carbocycles. The number of benzene rings is 3. The molecule has 0 saturated heterocycles. The minimum absolute atomic E-state index is 0.0856. The maximum Gasteiger partial charge on any atom is 0.352 e. The van der Waals surface area contributed by atoms with Crippen molar-refractivity contribution in [3.8, 4) is 5.75 Å². The number of aromatic nitrogens is 1. The third-order valence-electron chi connectivity index (χ3n) is 5.85. The van der Waals surface area contributed by atoms with Crippen molar-refractivity contribution >= 4 is 37.5 Å². The Bertz CT molecular complexity index is 1430. The fourth-order valence-corrected chi connectivity index (χ4v) is 5.94. The smallest absolute Gasteiger partial charge is 0.352 e. The topological polar surface area (TPSA) is 85.6 Å². The van der Waals surface area contributed by atoms with Crippen molar-refractivity contribution in [2.24, 2.45) is 0 Å². The summed E-state index contributed by atoms with van der Waals surface area (Å²) in [6.45, 7) is 0.585. The fraction of sp³-hybridized carbons (Fsp3) is 0.208. The number of nitrogens with zero attached hydrogens (tertiary/aromatic N) is 1. The lowest BCUT2D eigenvalue weighted by Crippen LogP contribution is -2.22. The number of fused-ring (bicyclic) bond motifs is 1. The Hall–Kier alpha value is -3.32. The van der Waals surface area contributed by atoms with Crippen LogP contribution < -0.4 is 4.74 Å². The van der Waals surface area contributed by atoms with Crippen LogP contribution in [-0.4, -0.2) is 36.4 Å². The van der Waals surface area contributed by atoms with Crippen LogP contribution in [0.1, 0.15) is 22.5 Å². The van der Waals surface area contributed by atoms with Gasteiger partial charge in [-0.3, -0.25) is 0 Å². The van der Waals surface area contributed by atoms with E-state index in [0.29, 0.717) is 35.9 Å². The van der Waals surface area contributed by atoms with Gasteiger partial charge in [-0.25, -0.2) is 13.2 Å². The number of aryl methyl sites for hydroxylation is 2. The molecule has 0 fully saturated rings. The van der Waals surface area contributed by atoms with Gasteiger partial charge in [0.15, 0.2) is 9.84 Å². The standard InChI is InChI=1S/C24H21NO5S/c26-24(27)23-19(18-9-4-12-21-22(18)25(23)13-15-31(21,28)29)10-5-14-30-20-11-3-7-16-6-1-2-8-17(16)20/h1-4,6-9,11-12H,5,10,13-15H2,(H,26,27). The number of para-hydroxylation sites is 1. The zero-order valence-corrected chi connectivity index (χ0v) is 17.6. The second-order valence-electron chi connectivity index (χ2n) is 7.68. The first-order valence-electron chi connectivity index (χ1n) is 10.2. The van der Waals surface area contributed by atoms with E-state index in [9.17, 15) is 18.3 Å². The second-order valence-corrected chi connectivity index (χ2v) is 9.76. The van der Waals surface area contributed by atoms with Crippen molar-refractivity contribution in [3.05, 3.63) is 71.9 Å². The molecule has 0 aliphatic carbocycles. The Kier molecular flexibility index (Phi) is 4.70. The van der Waals surface area contributed by atoms with E-state index in [1.165, 1.54) is 0 Å². The highest BCUT2D eigenvalue weighted by Crippen LogP contribution is 2.35. The summed E-state index contributed by atoms with van der Waals surface area (Å²) in [5.41, 5.74) is 1.36. The summed E-state index contributed by atoms with van der Waals surface area (Å²) in [7, 11) is -3.40. The summed E-state index contributed by atoms with van der Waals surface area (Å²) < 4.78 is 32.6. The molecule has 1 N–H and O–H groups in total. The van der Waals surface area contributed by atoms with Crippen LogP contribution in [0.2, 0.25) is 0 Å². The van der Waals surface area contributed by atoms with Crippen LogP contribution >= 0.6 is 0 Å². The van der Waals surface area contributed by atoms with Gasteiger partial charge in [-0.2, -0.15) is 0 Å². The lowest BCUT2D eigenvalue weighted by molar-refractivity contribution is 0.0684. The highest BCUT2D eigenvalue weighted by atomic mass is 32.2. The van der Waals surface area contributed by atoms with Crippen LogP contribution in [0, 0.1) is 0 Å². The van der Waals surface area contributed by atoms with Crippen molar-refractivity contribution < 1.29 is 23.1 Å². The third-order valence-corrected chi connectivity index (χ3v) is 7.57. The molecule has 0 spiro atoms. The third kappa shape index (κ3) is 3.25. The molecule has 0 bridgehead atoms. The SMILES string of the molecule is O=C(O)c1c(CCCOc2cccc3ccccc23)c2cccc3c2n1CCS3(=O)=O.